The molecule has 0 amide bonds. The normalized spacial score (nSPS) is 19.7. The van der Waals surface area contributed by atoms with Gasteiger partial charge in [0.2, 0.25) is 0 Å². The molecule has 0 bridgehead atoms. The van der Waals surface area contributed by atoms with Gasteiger partial charge in [-0.3, -0.25) is 0 Å². The molecule has 39 heavy (non-hydrogen) atoms. The number of piperidine rings is 1. The number of hydrogen-bond donors (Lipinski definition) is 1. The molecular formula is C33H41N5O. The second-order valence-corrected chi connectivity index (χ2v) is 11.9. The molecule has 6 heteroatoms. The summed E-state index contributed by atoms with van der Waals surface area (Å²) in [6, 6.07) is 13.3. The second-order valence-electron chi connectivity index (χ2n) is 11.9. The molecule has 1 fully saturated rings. The summed E-state index contributed by atoms with van der Waals surface area (Å²) < 4.78 is 5.79. The SMILES string of the molecule is CO[C@H]1CCN(c2nc(-c3cccc4[nH]cc(C)c34)nc3c2CN(c2cc(C(C)C)ccc2C)CC3)C[C@H]1C. The van der Waals surface area contributed by atoms with E-state index >= 15 is 0 Å². The number of rotatable bonds is 5. The summed E-state index contributed by atoms with van der Waals surface area (Å²) in [5.41, 5.74) is 9.98. The predicted octanol–water partition coefficient (Wildman–Crippen LogP) is 6.79. The maximum absolute atomic E-state index is 5.79. The van der Waals surface area contributed by atoms with E-state index < -0.39 is 0 Å². The number of nitrogens with one attached hydrogen (secondary N) is 1. The van der Waals surface area contributed by atoms with Crippen LogP contribution < -0.4 is 9.80 Å². The number of hydrogen-bond acceptors (Lipinski definition) is 5. The molecule has 2 aromatic heterocycles. The molecule has 2 aliphatic rings. The van der Waals surface area contributed by atoms with Gasteiger partial charge in [0.05, 0.1) is 11.8 Å². The fourth-order valence-corrected chi connectivity index (χ4v) is 6.52. The van der Waals surface area contributed by atoms with Crippen molar-refractivity contribution in [1.82, 2.24) is 15.0 Å². The fourth-order valence-electron chi connectivity index (χ4n) is 6.52. The standard InChI is InChI=1S/C33H41N5O/c1-20(2)24-11-10-21(3)29(16-24)37-14-12-27-26(19-37)33(38-15-13-30(39-6)23(5)18-38)36-32(35-27)25-8-7-9-28-31(25)22(4)17-34-28/h7-11,16-17,20,23,30,34H,12-15,18-19H2,1-6H3/t23-,30+/m1/s1. The lowest BCUT2D eigenvalue weighted by Crippen LogP contribution is -2.44. The minimum absolute atomic E-state index is 0.299. The van der Waals surface area contributed by atoms with Gasteiger partial charge < -0.3 is 19.5 Å². The summed E-state index contributed by atoms with van der Waals surface area (Å²) in [5.74, 6) is 2.89. The van der Waals surface area contributed by atoms with Crippen molar-refractivity contribution in [3.63, 3.8) is 0 Å². The number of fused-ring (bicyclic) bond motifs is 2. The van der Waals surface area contributed by atoms with Crippen LogP contribution in [0.2, 0.25) is 0 Å². The van der Waals surface area contributed by atoms with Crippen LogP contribution in [-0.2, 0) is 17.7 Å². The third kappa shape index (κ3) is 4.69. The lowest BCUT2D eigenvalue weighted by atomic mass is 9.95. The van der Waals surface area contributed by atoms with Crippen molar-refractivity contribution in [3.05, 3.63) is 70.5 Å². The molecule has 1 N–H and O–H groups in total. The number of H-pyrrole nitrogens is 1. The summed E-state index contributed by atoms with van der Waals surface area (Å²) in [7, 11) is 1.84. The summed E-state index contributed by atoms with van der Waals surface area (Å²) in [5, 5.41) is 1.22. The minimum atomic E-state index is 0.299. The van der Waals surface area contributed by atoms with E-state index in [1.54, 1.807) is 0 Å². The van der Waals surface area contributed by atoms with E-state index in [0.717, 1.165) is 61.7 Å². The van der Waals surface area contributed by atoms with E-state index in [0.29, 0.717) is 17.9 Å². The number of aromatic nitrogens is 3. The molecule has 6 rings (SSSR count). The van der Waals surface area contributed by atoms with Gasteiger partial charge in [0, 0.05) is 73.6 Å². The molecule has 0 radical (unpaired) electrons. The number of benzene rings is 2. The zero-order valence-corrected chi connectivity index (χ0v) is 24.2. The van der Waals surface area contributed by atoms with Gasteiger partial charge in [0.25, 0.3) is 0 Å². The number of ether oxygens (including phenoxy) is 1. The number of aryl methyl sites for hydroxylation is 2. The van der Waals surface area contributed by atoms with Crippen molar-refractivity contribution in [1.29, 1.82) is 0 Å². The van der Waals surface area contributed by atoms with Crippen LogP contribution in [0, 0.1) is 19.8 Å². The number of aromatic amines is 1. The minimum Gasteiger partial charge on any atom is -0.381 e. The van der Waals surface area contributed by atoms with E-state index in [1.807, 2.05) is 7.11 Å². The molecular weight excluding hydrogens is 482 g/mol. The largest absolute Gasteiger partial charge is 0.381 e. The molecule has 6 nitrogen and oxygen atoms in total. The monoisotopic (exact) mass is 523 g/mol. The van der Waals surface area contributed by atoms with Gasteiger partial charge in [-0.25, -0.2) is 9.97 Å². The zero-order chi connectivity index (χ0) is 27.3. The Labute approximate surface area is 232 Å². The van der Waals surface area contributed by atoms with E-state index in [1.165, 1.54) is 39.0 Å². The molecule has 4 aromatic rings. The van der Waals surface area contributed by atoms with Crippen LogP contribution in [0.3, 0.4) is 0 Å². The van der Waals surface area contributed by atoms with Crippen LogP contribution in [0.4, 0.5) is 11.5 Å². The summed E-state index contributed by atoms with van der Waals surface area (Å²) >= 11 is 0. The maximum Gasteiger partial charge on any atom is 0.162 e. The zero-order valence-electron chi connectivity index (χ0n) is 24.2. The Balaban J connectivity index is 1.46. The van der Waals surface area contributed by atoms with Crippen LogP contribution >= 0.6 is 0 Å². The Hall–Kier alpha value is -3.38. The molecule has 1 saturated heterocycles. The van der Waals surface area contributed by atoms with Gasteiger partial charge in [0.15, 0.2) is 5.82 Å². The Bertz CT molecular complexity index is 1510. The summed E-state index contributed by atoms with van der Waals surface area (Å²) in [6.45, 7) is 14.9. The first-order chi connectivity index (χ1) is 18.8. The number of methoxy groups -OCH3 is 1. The Morgan fingerprint density at radius 1 is 1.03 bits per heavy atom. The molecule has 0 unspecified atom stereocenters. The van der Waals surface area contributed by atoms with Gasteiger partial charge in [-0.1, -0.05) is 45.0 Å². The quantitative estimate of drug-likeness (QED) is 0.312. The van der Waals surface area contributed by atoms with Gasteiger partial charge in [-0.15, -0.1) is 0 Å². The molecule has 204 valence electrons. The van der Waals surface area contributed by atoms with Crippen molar-refractivity contribution in [2.75, 3.05) is 36.5 Å². The Morgan fingerprint density at radius 2 is 1.87 bits per heavy atom. The van der Waals surface area contributed by atoms with Crippen molar-refractivity contribution in [3.8, 4) is 11.4 Å². The third-order valence-electron chi connectivity index (χ3n) is 8.85. The van der Waals surface area contributed by atoms with Crippen LogP contribution in [0.5, 0.6) is 0 Å². The van der Waals surface area contributed by atoms with E-state index in [9.17, 15) is 0 Å². The lowest BCUT2D eigenvalue weighted by molar-refractivity contribution is 0.0443. The molecule has 4 heterocycles. The molecule has 2 aliphatic heterocycles. The summed E-state index contributed by atoms with van der Waals surface area (Å²) in [4.78, 5) is 19.1. The molecule has 2 aromatic carbocycles. The van der Waals surface area contributed by atoms with Gasteiger partial charge in [0.1, 0.15) is 5.82 Å². The number of nitrogens with zero attached hydrogens (tertiary/aromatic N) is 4. The highest BCUT2D eigenvalue weighted by atomic mass is 16.5. The highest BCUT2D eigenvalue weighted by Gasteiger charge is 2.32. The van der Waals surface area contributed by atoms with E-state index in [4.69, 9.17) is 14.7 Å². The molecule has 0 saturated carbocycles. The second kappa shape index (κ2) is 10.3. The van der Waals surface area contributed by atoms with E-state index in [2.05, 4.69) is 92.0 Å². The Kier molecular flexibility index (Phi) is 6.84. The Morgan fingerprint density at radius 3 is 2.64 bits per heavy atom. The van der Waals surface area contributed by atoms with Crippen LogP contribution in [0.25, 0.3) is 22.3 Å². The van der Waals surface area contributed by atoms with Gasteiger partial charge >= 0.3 is 0 Å². The maximum atomic E-state index is 5.79. The molecule has 0 spiro atoms. The van der Waals surface area contributed by atoms with Crippen LogP contribution in [0.1, 0.15) is 61.1 Å². The first-order valence-electron chi connectivity index (χ1n) is 14.4. The highest BCUT2D eigenvalue weighted by molar-refractivity contribution is 5.96. The third-order valence-corrected chi connectivity index (χ3v) is 8.85. The van der Waals surface area contributed by atoms with Crippen LogP contribution in [-0.4, -0.2) is 47.8 Å². The summed E-state index contributed by atoms with van der Waals surface area (Å²) in [6.07, 6.45) is 4.30. The first kappa shape index (κ1) is 25.9. The van der Waals surface area contributed by atoms with Gasteiger partial charge in [-0.2, -0.15) is 0 Å². The predicted molar refractivity (Wildman–Crippen MR) is 161 cm³/mol. The van der Waals surface area contributed by atoms with Crippen LogP contribution in [0.15, 0.2) is 42.6 Å². The highest BCUT2D eigenvalue weighted by Crippen LogP contribution is 2.37. The average molecular weight is 524 g/mol. The average Bonchev–Trinajstić information content (AvgIpc) is 3.33. The first-order valence-corrected chi connectivity index (χ1v) is 14.4. The van der Waals surface area contributed by atoms with E-state index in [-0.39, 0.29) is 0 Å². The lowest BCUT2D eigenvalue weighted by Gasteiger charge is -2.40. The van der Waals surface area contributed by atoms with Gasteiger partial charge in [-0.05, 0) is 60.9 Å². The molecule has 2 atom stereocenters. The fraction of sp³-hybridized carbons (Fsp3) is 0.455. The molecule has 0 aliphatic carbocycles. The van der Waals surface area contributed by atoms with Crippen molar-refractivity contribution < 1.29 is 4.74 Å². The van der Waals surface area contributed by atoms with Crippen molar-refractivity contribution in [2.24, 2.45) is 5.92 Å². The van der Waals surface area contributed by atoms with Crippen molar-refractivity contribution in [2.45, 2.75) is 66.0 Å². The number of anilines is 2. The smallest absolute Gasteiger partial charge is 0.162 e. The van der Waals surface area contributed by atoms with Crippen molar-refractivity contribution >= 4 is 22.4 Å². The topological polar surface area (TPSA) is 57.3 Å².